The minimum atomic E-state index is -0.431. The van der Waals surface area contributed by atoms with Crippen LogP contribution in [0, 0.1) is 0 Å². The topological polar surface area (TPSA) is 56.7 Å². The molecule has 0 spiro atoms. The molecule has 0 N–H and O–H groups in total. The van der Waals surface area contributed by atoms with E-state index in [4.69, 9.17) is 14.0 Å². The second kappa shape index (κ2) is 6.25. The summed E-state index contributed by atoms with van der Waals surface area (Å²) in [6.45, 7) is 9.71. The molecule has 1 aromatic heterocycles. The lowest BCUT2D eigenvalue weighted by molar-refractivity contribution is 0.00578. The van der Waals surface area contributed by atoms with E-state index in [1.807, 2.05) is 58.0 Å². The van der Waals surface area contributed by atoms with Crippen LogP contribution in [0.3, 0.4) is 0 Å². The van der Waals surface area contributed by atoms with Gasteiger partial charge in [0, 0.05) is 17.9 Å². The van der Waals surface area contributed by atoms with Gasteiger partial charge in [0.15, 0.2) is 0 Å². The molecular formula is C19H24BN3O3. The summed E-state index contributed by atoms with van der Waals surface area (Å²) < 4.78 is 18.0. The SMILES string of the molecule is CC1(C)OB(c2cnc(N3CC(Oc4ccccc4)C3)nc2)OC1(C)C. The molecule has 4 rings (SSSR count). The number of aromatic nitrogens is 2. The second-order valence-electron chi connectivity index (χ2n) is 7.86. The predicted molar refractivity (Wildman–Crippen MR) is 101 cm³/mol. The van der Waals surface area contributed by atoms with E-state index in [1.165, 1.54) is 0 Å². The summed E-state index contributed by atoms with van der Waals surface area (Å²) in [7, 11) is -0.431. The highest BCUT2D eigenvalue weighted by atomic mass is 16.7. The molecule has 136 valence electrons. The lowest BCUT2D eigenvalue weighted by Crippen LogP contribution is -2.54. The molecule has 0 atom stereocenters. The van der Waals surface area contributed by atoms with Crippen molar-refractivity contribution in [1.29, 1.82) is 0 Å². The molecule has 2 saturated heterocycles. The van der Waals surface area contributed by atoms with E-state index in [9.17, 15) is 0 Å². The van der Waals surface area contributed by atoms with Gasteiger partial charge in [0.25, 0.3) is 0 Å². The summed E-state index contributed by atoms with van der Waals surface area (Å²) in [4.78, 5) is 11.1. The van der Waals surface area contributed by atoms with Crippen LogP contribution in [0.2, 0.25) is 0 Å². The summed E-state index contributed by atoms with van der Waals surface area (Å²) in [5, 5.41) is 0. The Labute approximate surface area is 154 Å². The van der Waals surface area contributed by atoms with E-state index in [2.05, 4.69) is 14.9 Å². The zero-order chi connectivity index (χ0) is 18.4. The van der Waals surface area contributed by atoms with E-state index in [0.29, 0.717) is 5.95 Å². The van der Waals surface area contributed by atoms with Crippen molar-refractivity contribution >= 4 is 18.5 Å². The number of para-hydroxylation sites is 1. The van der Waals surface area contributed by atoms with E-state index >= 15 is 0 Å². The lowest BCUT2D eigenvalue weighted by Gasteiger charge is -2.38. The Morgan fingerprint density at radius 2 is 1.58 bits per heavy atom. The average molecular weight is 353 g/mol. The number of rotatable bonds is 4. The fraction of sp³-hybridized carbons (Fsp3) is 0.474. The molecule has 2 fully saturated rings. The van der Waals surface area contributed by atoms with E-state index in [-0.39, 0.29) is 17.3 Å². The van der Waals surface area contributed by atoms with Crippen LogP contribution in [0.1, 0.15) is 27.7 Å². The second-order valence-corrected chi connectivity index (χ2v) is 7.86. The minimum Gasteiger partial charge on any atom is -0.487 e. The van der Waals surface area contributed by atoms with Crippen LogP contribution >= 0.6 is 0 Å². The third kappa shape index (κ3) is 3.17. The molecule has 26 heavy (non-hydrogen) atoms. The van der Waals surface area contributed by atoms with Crippen molar-refractivity contribution in [3.8, 4) is 5.75 Å². The standard InChI is InChI=1S/C19H24BN3O3/c1-18(2)19(3,4)26-20(25-18)14-10-21-17(22-11-14)23-12-16(13-23)24-15-8-6-5-7-9-15/h5-11,16H,12-13H2,1-4H3. The maximum atomic E-state index is 6.04. The van der Waals surface area contributed by atoms with Gasteiger partial charge in [0.1, 0.15) is 11.9 Å². The largest absolute Gasteiger partial charge is 0.498 e. The van der Waals surface area contributed by atoms with Gasteiger partial charge in [-0.25, -0.2) is 9.97 Å². The summed E-state index contributed by atoms with van der Waals surface area (Å²) >= 11 is 0. The van der Waals surface area contributed by atoms with Crippen LogP contribution in [-0.4, -0.2) is 47.5 Å². The number of hydrogen-bond donors (Lipinski definition) is 0. The number of benzene rings is 1. The van der Waals surface area contributed by atoms with Crippen LogP contribution in [0.25, 0.3) is 0 Å². The third-order valence-corrected chi connectivity index (χ3v) is 5.36. The highest BCUT2D eigenvalue weighted by Gasteiger charge is 2.52. The Balaban J connectivity index is 1.35. The monoisotopic (exact) mass is 353 g/mol. The number of anilines is 1. The van der Waals surface area contributed by atoms with Gasteiger partial charge in [-0.15, -0.1) is 0 Å². The number of hydrogen-bond acceptors (Lipinski definition) is 6. The van der Waals surface area contributed by atoms with Crippen LogP contribution in [0.4, 0.5) is 5.95 Å². The van der Waals surface area contributed by atoms with Crippen molar-refractivity contribution in [2.45, 2.75) is 45.0 Å². The summed E-state index contributed by atoms with van der Waals surface area (Å²) in [5.41, 5.74) is 0.107. The van der Waals surface area contributed by atoms with Crippen LogP contribution < -0.4 is 15.1 Å². The molecule has 0 radical (unpaired) electrons. The van der Waals surface area contributed by atoms with Gasteiger partial charge in [0.05, 0.1) is 24.3 Å². The van der Waals surface area contributed by atoms with Gasteiger partial charge in [0.2, 0.25) is 5.95 Å². The molecule has 0 bridgehead atoms. The molecule has 2 aromatic rings. The Morgan fingerprint density at radius 1 is 1.00 bits per heavy atom. The van der Waals surface area contributed by atoms with Gasteiger partial charge in [-0.2, -0.15) is 0 Å². The Bertz CT molecular complexity index is 745. The van der Waals surface area contributed by atoms with Gasteiger partial charge in [-0.1, -0.05) is 18.2 Å². The predicted octanol–water partition coefficient (Wildman–Crippen LogP) is 2.04. The van der Waals surface area contributed by atoms with Crippen LogP contribution in [0.15, 0.2) is 42.7 Å². The van der Waals surface area contributed by atoms with E-state index < -0.39 is 7.12 Å². The molecule has 0 unspecified atom stereocenters. The lowest BCUT2D eigenvalue weighted by atomic mass is 9.81. The minimum absolute atomic E-state index is 0.170. The average Bonchev–Trinajstić information content (AvgIpc) is 2.80. The van der Waals surface area contributed by atoms with E-state index in [1.54, 1.807) is 12.4 Å². The van der Waals surface area contributed by atoms with Gasteiger partial charge >= 0.3 is 7.12 Å². The van der Waals surface area contributed by atoms with Crippen molar-refractivity contribution in [2.24, 2.45) is 0 Å². The Hall–Kier alpha value is -2.12. The summed E-state index contributed by atoms with van der Waals surface area (Å²) in [6, 6.07) is 9.87. The third-order valence-electron chi connectivity index (χ3n) is 5.36. The van der Waals surface area contributed by atoms with Crippen molar-refractivity contribution in [3.05, 3.63) is 42.7 Å². The molecule has 2 aliphatic rings. The van der Waals surface area contributed by atoms with Gasteiger partial charge in [-0.3, -0.25) is 0 Å². The van der Waals surface area contributed by atoms with Crippen LogP contribution in [-0.2, 0) is 9.31 Å². The zero-order valence-electron chi connectivity index (χ0n) is 15.7. The molecule has 0 saturated carbocycles. The maximum Gasteiger partial charge on any atom is 0.498 e. The molecule has 6 nitrogen and oxygen atoms in total. The molecular weight excluding hydrogens is 329 g/mol. The normalized spacial score (nSPS) is 21.5. The van der Waals surface area contributed by atoms with Crippen molar-refractivity contribution < 1.29 is 14.0 Å². The van der Waals surface area contributed by atoms with E-state index in [0.717, 1.165) is 24.3 Å². The molecule has 0 amide bonds. The highest BCUT2D eigenvalue weighted by Crippen LogP contribution is 2.36. The van der Waals surface area contributed by atoms with Crippen LogP contribution in [0.5, 0.6) is 5.75 Å². The smallest absolute Gasteiger partial charge is 0.487 e. The fourth-order valence-electron chi connectivity index (χ4n) is 2.96. The number of ether oxygens (including phenoxy) is 1. The fourth-order valence-corrected chi connectivity index (χ4v) is 2.96. The molecule has 3 heterocycles. The Morgan fingerprint density at radius 3 is 2.15 bits per heavy atom. The first-order chi connectivity index (χ1) is 12.3. The first kappa shape index (κ1) is 17.3. The first-order valence-corrected chi connectivity index (χ1v) is 8.98. The Kier molecular flexibility index (Phi) is 4.16. The molecule has 2 aliphatic heterocycles. The van der Waals surface area contributed by atoms with Gasteiger partial charge in [-0.05, 0) is 39.8 Å². The quantitative estimate of drug-likeness (QED) is 0.785. The molecule has 1 aromatic carbocycles. The maximum absolute atomic E-state index is 6.04. The number of nitrogens with zero attached hydrogens (tertiary/aromatic N) is 3. The molecule has 7 heteroatoms. The van der Waals surface area contributed by atoms with Gasteiger partial charge < -0.3 is 18.9 Å². The van der Waals surface area contributed by atoms with Crippen molar-refractivity contribution in [1.82, 2.24) is 9.97 Å². The summed E-state index contributed by atoms with van der Waals surface area (Å²) in [5.74, 6) is 1.60. The first-order valence-electron chi connectivity index (χ1n) is 8.98. The van der Waals surface area contributed by atoms with Crippen molar-refractivity contribution in [3.63, 3.8) is 0 Å². The van der Waals surface area contributed by atoms with Crippen molar-refractivity contribution in [2.75, 3.05) is 18.0 Å². The summed E-state index contributed by atoms with van der Waals surface area (Å²) in [6.07, 6.45) is 3.75. The molecule has 0 aliphatic carbocycles. The highest BCUT2D eigenvalue weighted by molar-refractivity contribution is 6.61. The zero-order valence-corrected chi connectivity index (χ0v) is 15.7.